The van der Waals surface area contributed by atoms with Crippen LogP contribution in [0.5, 0.6) is 0 Å². The van der Waals surface area contributed by atoms with Crippen LogP contribution in [-0.4, -0.2) is 15.5 Å². The molecule has 1 unspecified atom stereocenters. The molecule has 0 aliphatic heterocycles. The van der Waals surface area contributed by atoms with Crippen molar-refractivity contribution in [1.29, 1.82) is 0 Å². The molecule has 0 saturated carbocycles. The highest BCUT2D eigenvalue weighted by atomic mass is 32.2. The lowest BCUT2D eigenvalue weighted by molar-refractivity contribution is 0.778. The zero-order valence-corrected chi connectivity index (χ0v) is 10.3. The van der Waals surface area contributed by atoms with Gasteiger partial charge in [-0.15, -0.1) is 0 Å². The summed E-state index contributed by atoms with van der Waals surface area (Å²) in [6.07, 6.45) is 3.44. The van der Waals surface area contributed by atoms with E-state index in [9.17, 15) is 0 Å². The Morgan fingerprint density at radius 3 is 2.67 bits per heavy atom. The van der Waals surface area contributed by atoms with Gasteiger partial charge in [-0.3, -0.25) is 4.98 Å². The fourth-order valence-corrected chi connectivity index (χ4v) is 2.02. The van der Waals surface area contributed by atoms with Gasteiger partial charge in [-0.25, -0.2) is 0 Å². The van der Waals surface area contributed by atoms with Crippen molar-refractivity contribution in [2.24, 2.45) is 5.73 Å². The molecule has 4 heteroatoms. The van der Waals surface area contributed by atoms with Crippen LogP contribution in [-0.2, 0) is 0 Å². The fraction of sp³-hybridized carbons (Fsp3) is 0.545. The van der Waals surface area contributed by atoms with Gasteiger partial charge in [0, 0.05) is 40.2 Å². The summed E-state index contributed by atoms with van der Waals surface area (Å²) in [7, 11) is 0. The van der Waals surface area contributed by atoms with Gasteiger partial charge in [-0.1, -0.05) is 20.8 Å². The molecule has 1 aromatic heterocycles. The summed E-state index contributed by atoms with van der Waals surface area (Å²) in [6, 6.07) is 1.75. The summed E-state index contributed by atoms with van der Waals surface area (Å²) in [4.78, 5) is 4.04. The lowest BCUT2D eigenvalue weighted by Crippen LogP contribution is -2.19. The van der Waals surface area contributed by atoms with E-state index in [1.54, 1.807) is 18.5 Å². The monoisotopic (exact) mass is 225 g/mol. The van der Waals surface area contributed by atoms with Crippen LogP contribution in [0.2, 0.25) is 0 Å². The van der Waals surface area contributed by atoms with E-state index in [1.807, 2.05) is 11.8 Å². The minimum absolute atomic E-state index is 0.0390. The fourth-order valence-electron chi connectivity index (χ4n) is 1.16. The summed E-state index contributed by atoms with van der Waals surface area (Å²) in [5.41, 5.74) is 13.6. The van der Waals surface area contributed by atoms with Gasteiger partial charge in [0.15, 0.2) is 0 Å². The molecule has 0 fully saturated rings. The number of hydrogen-bond donors (Lipinski definition) is 2. The Kier molecular flexibility index (Phi) is 3.99. The standard InChI is InChI=1S/C11H19N3S/c1-11(2,3)15-7-10(13)8-6-14-5-4-9(8)12/h4-6,10H,7,13H2,1-3H3,(H2,12,14). The minimum atomic E-state index is -0.0390. The summed E-state index contributed by atoms with van der Waals surface area (Å²) < 4.78 is 0.231. The highest BCUT2D eigenvalue weighted by Gasteiger charge is 2.15. The van der Waals surface area contributed by atoms with Crippen LogP contribution in [0.1, 0.15) is 32.4 Å². The summed E-state index contributed by atoms with van der Waals surface area (Å²) in [6.45, 7) is 6.53. The van der Waals surface area contributed by atoms with Gasteiger partial charge in [0.1, 0.15) is 0 Å². The zero-order chi connectivity index (χ0) is 11.5. The number of anilines is 1. The molecule has 0 radical (unpaired) electrons. The van der Waals surface area contributed by atoms with E-state index < -0.39 is 0 Å². The Hall–Kier alpha value is -0.740. The molecular weight excluding hydrogens is 206 g/mol. The minimum Gasteiger partial charge on any atom is -0.398 e. The molecule has 4 N–H and O–H groups in total. The van der Waals surface area contributed by atoms with Crippen molar-refractivity contribution in [3.63, 3.8) is 0 Å². The third-order valence-electron chi connectivity index (χ3n) is 1.98. The van der Waals surface area contributed by atoms with Gasteiger partial charge in [0.25, 0.3) is 0 Å². The summed E-state index contributed by atoms with van der Waals surface area (Å²) in [5, 5.41) is 0. The van der Waals surface area contributed by atoms with Crippen molar-refractivity contribution in [2.45, 2.75) is 31.6 Å². The highest BCUT2D eigenvalue weighted by Crippen LogP contribution is 2.28. The largest absolute Gasteiger partial charge is 0.398 e. The first-order valence-electron chi connectivity index (χ1n) is 4.99. The highest BCUT2D eigenvalue weighted by molar-refractivity contribution is 8.00. The molecule has 0 aliphatic carbocycles. The number of hydrogen-bond acceptors (Lipinski definition) is 4. The molecule has 1 aromatic rings. The Morgan fingerprint density at radius 2 is 2.13 bits per heavy atom. The van der Waals surface area contributed by atoms with Crippen LogP contribution >= 0.6 is 11.8 Å². The second-order valence-electron chi connectivity index (χ2n) is 4.53. The lowest BCUT2D eigenvalue weighted by atomic mass is 10.1. The molecule has 3 nitrogen and oxygen atoms in total. The van der Waals surface area contributed by atoms with E-state index in [4.69, 9.17) is 11.5 Å². The molecule has 84 valence electrons. The Bertz CT molecular complexity index is 320. The van der Waals surface area contributed by atoms with Gasteiger partial charge in [0.05, 0.1) is 0 Å². The number of aromatic nitrogens is 1. The third kappa shape index (κ3) is 4.10. The number of nitrogens with two attached hydrogens (primary N) is 2. The van der Waals surface area contributed by atoms with Gasteiger partial charge >= 0.3 is 0 Å². The quantitative estimate of drug-likeness (QED) is 0.827. The normalized spacial score (nSPS) is 13.9. The average molecular weight is 225 g/mol. The SMILES string of the molecule is CC(C)(C)SCC(N)c1cnccc1N. The Balaban J connectivity index is 2.62. The summed E-state index contributed by atoms with van der Waals surface area (Å²) >= 11 is 1.84. The topological polar surface area (TPSA) is 64.9 Å². The first-order chi connectivity index (χ1) is 6.90. The Morgan fingerprint density at radius 1 is 1.47 bits per heavy atom. The van der Waals surface area contributed by atoms with Crippen LogP contribution in [0.4, 0.5) is 5.69 Å². The van der Waals surface area contributed by atoms with E-state index in [-0.39, 0.29) is 10.8 Å². The first kappa shape index (κ1) is 12.3. The molecule has 1 atom stereocenters. The molecule has 15 heavy (non-hydrogen) atoms. The predicted molar refractivity (Wildman–Crippen MR) is 67.8 cm³/mol. The average Bonchev–Trinajstić information content (AvgIpc) is 2.14. The van der Waals surface area contributed by atoms with Crippen LogP contribution in [0.3, 0.4) is 0 Å². The molecule has 0 aliphatic rings. The van der Waals surface area contributed by atoms with E-state index in [0.29, 0.717) is 0 Å². The maximum atomic E-state index is 6.06. The smallest absolute Gasteiger partial charge is 0.0422 e. The predicted octanol–water partition coefficient (Wildman–Crippen LogP) is 2.20. The number of thioether (sulfide) groups is 1. The second-order valence-corrected chi connectivity index (χ2v) is 6.38. The molecular formula is C11H19N3S. The molecule has 1 heterocycles. The van der Waals surface area contributed by atoms with E-state index in [1.165, 1.54) is 0 Å². The second kappa shape index (κ2) is 4.86. The maximum Gasteiger partial charge on any atom is 0.0422 e. The van der Waals surface area contributed by atoms with Crippen molar-refractivity contribution in [1.82, 2.24) is 4.98 Å². The number of pyridine rings is 1. The lowest BCUT2D eigenvalue weighted by Gasteiger charge is -2.21. The van der Waals surface area contributed by atoms with E-state index in [2.05, 4.69) is 25.8 Å². The number of nitrogen functional groups attached to an aromatic ring is 1. The van der Waals surface area contributed by atoms with Gasteiger partial charge in [-0.05, 0) is 6.07 Å². The molecule has 0 saturated heterocycles. The van der Waals surface area contributed by atoms with Crippen LogP contribution in [0.15, 0.2) is 18.5 Å². The third-order valence-corrected chi connectivity index (χ3v) is 3.37. The van der Waals surface area contributed by atoms with Crippen LogP contribution in [0.25, 0.3) is 0 Å². The zero-order valence-electron chi connectivity index (χ0n) is 9.53. The molecule has 0 amide bonds. The molecule has 0 spiro atoms. The summed E-state index contributed by atoms with van der Waals surface area (Å²) in [5.74, 6) is 0.861. The van der Waals surface area contributed by atoms with Crippen molar-refractivity contribution >= 4 is 17.4 Å². The van der Waals surface area contributed by atoms with Crippen molar-refractivity contribution < 1.29 is 0 Å². The van der Waals surface area contributed by atoms with Gasteiger partial charge in [0.2, 0.25) is 0 Å². The molecule has 1 rings (SSSR count). The Labute approximate surface area is 95.6 Å². The van der Waals surface area contributed by atoms with Crippen molar-refractivity contribution in [3.8, 4) is 0 Å². The van der Waals surface area contributed by atoms with Gasteiger partial charge in [-0.2, -0.15) is 11.8 Å². The van der Waals surface area contributed by atoms with E-state index >= 15 is 0 Å². The van der Waals surface area contributed by atoms with Crippen molar-refractivity contribution in [2.75, 3.05) is 11.5 Å². The number of rotatable bonds is 3. The van der Waals surface area contributed by atoms with Crippen LogP contribution < -0.4 is 11.5 Å². The first-order valence-corrected chi connectivity index (χ1v) is 5.97. The molecule has 0 aromatic carbocycles. The van der Waals surface area contributed by atoms with Crippen LogP contribution in [0, 0.1) is 0 Å². The van der Waals surface area contributed by atoms with Crippen molar-refractivity contribution in [3.05, 3.63) is 24.0 Å². The maximum absolute atomic E-state index is 6.06. The van der Waals surface area contributed by atoms with Gasteiger partial charge < -0.3 is 11.5 Å². The van der Waals surface area contributed by atoms with E-state index in [0.717, 1.165) is 17.0 Å². The number of nitrogens with zero attached hydrogens (tertiary/aromatic N) is 1. The molecule has 0 bridgehead atoms.